The van der Waals surface area contributed by atoms with Crippen LogP contribution >= 0.6 is 0 Å². The molecule has 0 saturated carbocycles. The number of phenolic OH excluding ortho intramolecular Hbond substituents is 1. The minimum Gasteiger partial charge on any atom is -0.506 e. The molecule has 124 valence electrons. The molecule has 0 unspecified atom stereocenters. The second kappa shape index (κ2) is 7.46. The van der Waals surface area contributed by atoms with Crippen molar-refractivity contribution in [3.63, 3.8) is 0 Å². The van der Waals surface area contributed by atoms with Crippen molar-refractivity contribution in [1.29, 1.82) is 0 Å². The number of aryl methyl sites for hydroxylation is 2. The molecule has 0 bridgehead atoms. The molecule has 0 saturated heterocycles. The summed E-state index contributed by atoms with van der Waals surface area (Å²) in [7, 11) is 0. The molecule has 0 aliphatic carbocycles. The number of phenols is 1. The molecule has 0 fully saturated rings. The van der Waals surface area contributed by atoms with Gasteiger partial charge in [-0.2, -0.15) is 0 Å². The third-order valence-electron chi connectivity index (χ3n) is 3.44. The van der Waals surface area contributed by atoms with Crippen molar-refractivity contribution in [3.8, 4) is 5.75 Å². The number of hydrogen-bond acceptors (Lipinski definition) is 3. The Labute approximate surface area is 141 Å². The maximum atomic E-state index is 12.5. The van der Waals surface area contributed by atoms with Crippen LogP contribution in [0.4, 0.5) is 5.69 Å². The number of carbonyl (C=O) groups is 2. The predicted octanol–water partition coefficient (Wildman–Crippen LogP) is 3.12. The first-order chi connectivity index (χ1) is 11.4. The number of anilines is 1. The Hall–Kier alpha value is -3.08. The molecule has 2 aromatic carbocycles. The van der Waals surface area contributed by atoms with E-state index >= 15 is 0 Å². The van der Waals surface area contributed by atoms with Crippen molar-refractivity contribution in [1.82, 2.24) is 5.32 Å². The molecule has 2 amide bonds. The van der Waals surface area contributed by atoms with Gasteiger partial charge in [-0.05, 0) is 48.7 Å². The fourth-order valence-electron chi connectivity index (χ4n) is 2.19. The molecule has 5 heteroatoms. The normalized spacial score (nSPS) is 11.0. The Morgan fingerprint density at radius 2 is 1.79 bits per heavy atom. The van der Waals surface area contributed by atoms with Gasteiger partial charge in [0.2, 0.25) is 5.91 Å². The zero-order valence-electron chi connectivity index (χ0n) is 13.9. The summed E-state index contributed by atoms with van der Waals surface area (Å²) in [6.07, 6.45) is 1.61. The van der Waals surface area contributed by atoms with Gasteiger partial charge < -0.3 is 15.7 Å². The monoisotopic (exact) mass is 324 g/mol. The largest absolute Gasteiger partial charge is 0.506 e. The molecule has 0 radical (unpaired) electrons. The highest BCUT2D eigenvalue weighted by molar-refractivity contribution is 6.09. The van der Waals surface area contributed by atoms with Crippen molar-refractivity contribution in [2.45, 2.75) is 20.8 Å². The average Bonchev–Trinajstić information content (AvgIpc) is 2.52. The summed E-state index contributed by atoms with van der Waals surface area (Å²) in [6.45, 7) is 5.11. The van der Waals surface area contributed by atoms with E-state index in [9.17, 15) is 14.7 Å². The lowest BCUT2D eigenvalue weighted by molar-refractivity contribution is -0.120. The molecule has 0 heterocycles. The lowest BCUT2D eigenvalue weighted by Crippen LogP contribution is -2.29. The van der Waals surface area contributed by atoms with Crippen molar-refractivity contribution in [3.05, 3.63) is 64.9 Å². The van der Waals surface area contributed by atoms with Crippen LogP contribution in [0.2, 0.25) is 0 Å². The highest BCUT2D eigenvalue weighted by Crippen LogP contribution is 2.24. The smallest absolute Gasteiger partial charge is 0.272 e. The lowest BCUT2D eigenvalue weighted by Gasteiger charge is -2.12. The number of carbonyl (C=O) groups excluding carboxylic acids is 2. The summed E-state index contributed by atoms with van der Waals surface area (Å²) in [5.74, 6) is -0.889. The van der Waals surface area contributed by atoms with E-state index in [1.54, 1.807) is 18.2 Å². The van der Waals surface area contributed by atoms with E-state index in [4.69, 9.17) is 0 Å². The first-order valence-corrected chi connectivity index (χ1v) is 7.52. The molecular formula is C19H20N2O3. The fraction of sp³-hybridized carbons (Fsp3) is 0.158. The molecule has 3 N–H and O–H groups in total. The topological polar surface area (TPSA) is 78.4 Å². The summed E-state index contributed by atoms with van der Waals surface area (Å²) in [5, 5.41) is 15.0. The second-order valence-corrected chi connectivity index (χ2v) is 5.57. The summed E-state index contributed by atoms with van der Waals surface area (Å²) in [4.78, 5) is 23.9. The molecule has 2 aromatic rings. The second-order valence-electron chi connectivity index (χ2n) is 5.57. The third kappa shape index (κ3) is 4.46. The van der Waals surface area contributed by atoms with Crippen LogP contribution in [0, 0.1) is 13.8 Å². The van der Waals surface area contributed by atoms with Crippen molar-refractivity contribution in [2.24, 2.45) is 0 Å². The lowest BCUT2D eigenvalue weighted by atomic mass is 10.1. The maximum Gasteiger partial charge on any atom is 0.272 e. The van der Waals surface area contributed by atoms with Crippen molar-refractivity contribution >= 4 is 23.6 Å². The van der Waals surface area contributed by atoms with Gasteiger partial charge in [0, 0.05) is 6.92 Å². The number of rotatable bonds is 4. The Bertz CT molecular complexity index is 810. The molecule has 24 heavy (non-hydrogen) atoms. The average molecular weight is 324 g/mol. The molecule has 5 nitrogen and oxygen atoms in total. The quantitative estimate of drug-likeness (QED) is 0.597. The van der Waals surface area contributed by atoms with Crippen LogP contribution in [-0.2, 0) is 9.59 Å². The summed E-state index contributed by atoms with van der Waals surface area (Å²) in [6, 6.07) is 12.4. The van der Waals surface area contributed by atoms with E-state index in [2.05, 4.69) is 10.6 Å². The first kappa shape index (κ1) is 17.3. The Kier molecular flexibility index (Phi) is 5.37. The van der Waals surface area contributed by atoms with Gasteiger partial charge in [0.05, 0.1) is 5.69 Å². The molecular weight excluding hydrogens is 304 g/mol. The highest BCUT2D eigenvalue weighted by Gasteiger charge is 2.14. The number of aromatic hydroxyl groups is 1. The van der Waals surface area contributed by atoms with Gasteiger partial charge in [0.25, 0.3) is 5.91 Å². The third-order valence-corrected chi connectivity index (χ3v) is 3.44. The SMILES string of the molecule is CC(=O)N/C(=C\c1ccccc1C)C(=O)Nc1cc(C)ccc1O. The molecule has 0 atom stereocenters. The summed E-state index contributed by atoms with van der Waals surface area (Å²) < 4.78 is 0. The number of benzene rings is 2. The van der Waals surface area contributed by atoms with Crippen LogP contribution in [0.3, 0.4) is 0 Å². The van der Waals surface area contributed by atoms with E-state index in [0.29, 0.717) is 5.69 Å². The van der Waals surface area contributed by atoms with Gasteiger partial charge in [0.15, 0.2) is 0 Å². The van der Waals surface area contributed by atoms with E-state index in [1.807, 2.05) is 38.1 Å². The van der Waals surface area contributed by atoms with Crippen LogP contribution in [-0.4, -0.2) is 16.9 Å². The summed E-state index contributed by atoms with van der Waals surface area (Å²) in [5.41, 5.74) is 3.10. The molecule has 0 aliphatic rings. The molecule has 0 aromatic heterocycles. The fourth-order valence-corrected chi connectivity index (χ4v) is 2.19. The van der Waals surface area contributed by atoms with Crippen LogP contribution in [0.15, 0.2) is 48.2 Å². The zero-order chi connectivity index (χ0) is 17.7. The van der Waals surface area contributed by atoms with Crippen LogP contribution in [0.1, 0.15) is 23.6 Å². The van der Waals surface area contributed by atoms with Crippen molar-refractivity contribution in [2.75, 3.05) is 5.32 Å². The predicted molar refractivity (Wildman–Crippen MR) is 94.4 cm³/mol. The van der Waals surface area contributed by atoms with Gasteiger partial charge >= 0.3 is 0 Å². The molecule has 0 aliphatic heterocycles. The number of nitrogens with one attached hydrogen (secondary N) is 2. The van der Waals surface area contributed by atoms with Gasteiger partial charge in [-0.1, -0.05) is 30.3 Å². The zero-order valence-corrected chi connectivity index (χ0v) is 13.9. The Morgan fingerprint density at radius 3 is 2.46 bits per heavy atom. The van der Waals surface area contributed by atoms with E-state index < -0.39 is 5.91 Å². The van der Waals surface area contributed by atoms with Crippen molar-refractivity contribution < 1.29 is 14.7 Å². The minimum atomic E-state index is -0.505. The van der Waals surface area contributed by atoms with Gasteiger partial charge in [-0.15, -0.1) is 0 Å². The highest BCUT2D eigenvalue weighted by atomic mass is 16.3. The molecule has 2 rings (SSSR count). The minimum absolute atomic E-state index is 0.0352. The number of hydrogen-bond donors (Lipinski definition) is 3. The Morgan fingerprint density at radius 1 is 1.08 bits per heavy atom. The van der Waals surface area contributed by atoms with E-state index in [1.165, 1.54) is 13.0 Å². The Balaban J connectivity index is 2.34. The summed E-state index contributed by atoms with van der Waals surface area (Å²) >= 11 is 0. The standard InChI is InChI=1S/C19H20N2O3/c1-12-8-9-18(23)16(10-12)21-19(24)17(20-14(3)22)11-15-7-5-4-6-13(15)2/h4-11,23H,1-3H3,(H,20,22)(H,21,24)/b17-11-. The first-order valence-electron chi connectivity index (χ1n) is 7.52. The number of amides is 2. The molecule has 0 spiro atoms. The van der Waals surface area contributed by atoms with Crippen LogP contribution in [0.25, 0.3) is 6.08 Å². The van der Waals surface area contributed by atoms with E-state index in [0.717, 1.165) is 16.7 Å². The van der Waals surface area contributed by atoms with Gasteiger partial charge in [-0.3, -0.25) is 9.59 Å². The van der Waals surface area contributed by atoms with Gasteiger partial charge in [0.1, 0.15) is 11.4 Å². The maximum absolute atomic E-state index is 12.5. The van der Waals surface area contributed by atoms with Crippen LogP contribution < -0.4 is 10.6 Å². The van der Waals surface area contributed by atoms with Gasteiger partial charge in [-0.25, -0.2) is 0 Å². The van der Waals surface area contributed by atoms with Crippen LogP contribution in [0.5, 0.6) is 5.75 Å². The van der Waals surface area contributed by atoms with E-state index in [-0.39, 0.29) is 17.4 Å².